The highest BCUT2D eigenvalue weighted by Gasteiger charge is 2.28. The second-order valence-electron chi connectivity index (χ2n) is 27.1. The molecule has 0 bridgehead atoms. The van der Waals surface area contributed by atoms with E-state index in [1.807, 2.05) is 0 Å². The van der Waals surface area contributed by atoms with E-state index in [0.29, 0.717) is 0 Å². The second-order valence-corrected chi connectivity index (χ2v) is 27.1. The zero-order valence-electron chi connectivity index (χ0n) is 49.8. The van der Waals surface area contributed by atoms with Crippen LogP contribution in [0.3, 0.4) is 0 Å². The minimum absolute atomic E-state index is 0.00968. The van der Waals surface area contributed by atoms with Gasteiger partial charge in [-0.25, -0.2) is 0 Å². The quantitative estimate of drug-likeness (QED) is 0.138. The number of hydrogen-bond acceptors (Lipinski definition) is 1. The summed E-state index contributed by atoms with van der Waals surface area (Å²) in [6.45, 7) is 27.9. The molecule has 1 aromatic heterocycles. The average Bonchev–Trinajstić information content (AvgIpc) is 1.53. The average molecular weight is 1060 g/mol. The van der Waals surface area contributed by atoms with Crippen LogP contribution in [0.1, 0.15) is 105 Å². The van der Waals surface area contributed by atoms with Crippen molar-refractivity contribution in [3.63, 3.8) is 0 Å². The van der Waals surface area contributed by atoms with Gasteiger partial charge in [-0.15, -0.1) is 0 Å². The van der Waals surface area contributed by atoms with Crippen LogP contribution < -0.4 is 4.90 Å². The number of nitrogens with zero attached hydrogens (tertiary/aromatic N) is 2. The van der Waals surface area contributed by atoms with Crippen molar-refractivity contribution in [3.05, 3.63) is 253 Å². The molecule has 0 amide bonds. The van der Waals surface area contributed by atoms with Gasteiger partial charge < -0.3 is 9.47 Å². The van der Waals surface area contributed by atoms with Crippen LogP contribution in [-0.4, -0.2) is 4.57 Å². The molecule has 0 aliphatic rings. The molecule has 0 aliphatic carbocycles. The molecule has 13 aromatic rings. The smallest absolute Gasteiger partial charge is 0.0543 e. The Labute approximate surface area is 485 Å². The Kier molecular flexibility index (Phi) is 12.5. The summed E-state index contributed by atoms with van der Waals surface area (Å²) in [5, 5.41) is 10.1. The van der Waals surface area contributed by atoms with Gasteiger partial charge in [-0.2, -0.15) is 0 Å². The fourth-order valence-electron chi connectivity index (χ4n) is 12.5. The predicted molar refractivity (Wildman–Crippen MR) is 356 cm³/mol. The lowest BCUT2D eigenvalue weighted by atomic mass is 9.82. The van der Waals surface area contributed by atoms with Crippen molar-refractivity contribution in [1.29, 1.82) is 0 Å². The Morgan fingerprint density at radius 2 is 0.732 bits per heavy atom. The summed E-state index contributed by atoms with van der Waals surface area (Å²) < 4.78 is 2.54. The van der Waals surface area contributed by atoms with Crippen LogP contribution >= 0.6 is 0 Å². The molecule has 0 spiro atoms. The minimum atomic E-state index is -0.122. The van der Waals surface area contributed by atoms with Gasteiger partial charge in [-0.1, -0.05) is 247 Å². The number of aromatic nitrogens is 1. The number of hydrogen-bond donors (Lipinski definition) is 0. The molecule has 1 heterocycles. The van der Waals surface area contributed by atoms with Gasteiger partial charge in [0.15, 0.2) is 0 Å². The highest BCUT2D eigenvalue weighted by atomic mass is 15.1. The molecule has 0 unspecified atom stereocenters. The molecular weight excluding hydrogens is 989 g/mol. The highest BCUT2D eigenvalue weighted by Crippen LogP contribution is 2.50. The van der Waals surface area contributed by atoms with Gasteiger partial charge in [-0.05, 0) is 171 Å². The molecule has 12 aromatic carbocycles. The van der Waals surface area contributed by atoms with E-state index in [2.05, 4.69) is 323 Å². The Bertz CT molecular complexity index is 4490. The molecule has 2 nitrogen and oxygen atoms in total. The van der Waals surface area contributed by atoms with E-state index in [4.69, 9.17) is 0 Å². The predicted octanol–water partition coefficient (Wildman–Crippen LogP) is 23.0. The van der Waals surface area contributed by atoms with Gasteiger partial charge in [-0.3, -0.25) is 0 Å². The summed E-state index contributed by atoms with van der Waals surface area (Å²) in [5.41, 5.74) is 21.7. The first-order valence-electron chi connectivity index (χ1n) is 29.4. The maximum atomic E-state index is 2.57. The molecular formula is C80H74N2. The lowest BCUT2D eigenvalue weighted by Crippen LogP contribution is -2.16. The van der Waals surface area contributed by atoms with Crippen molar-refractivity contribution >= 4 is 71.2 Å². The van der Waals surface area contributed by atoms with E-state index in [1.165, 1.54) is 127 Å². The topological polar surface area (TPSA) is 8.17 Å². The third kappa shape index (κ3) is 9.33. The van der Waals surface area contributed by atoms with Gasteiger partial charge in [0.25, 0.3) is 0 Å². The SMILES string of the molecule is CC(C)(C)c1cc(-c2ccccc2)cc(-c2ccc(C(C)(C)C)cc2N(c2ccc(-c3cccc(-c4ccccc4)c3)cc2)c2ccc3ccc4c(-n5c6ccc(C(C)(C)C)cc6c6cc(C(C)(C)C)ccc65)ccc5ccc2c3c54)c1. The summed E-state index contributed by atoms with van der Waals surface area (Å²) in [4.78, 5) is 2.57. The van der Waals surface area contributed by atoms with Gasteiger partial charge >= 0.3 is 0 Å². The number of benzene rings is 12. The summed E-state index contributed by atoms with van der Waals surface area (Å²) in [5.74, 6) is 0. The summed E-state index contributed by atoms with van der Waals surface area (Å²) in [7, 11) is 0. The molecule has 82 heavy (non-hydrogen) atoms. The van der Waals surface area contributed by atoms with Crippen molar-refractivity contribution < 1.29 is 0 Å². The van der Waals surface area contributed by atoms with E-state index in [9.17, 15) is 0 Å². The van der Waals surface area contributed by atoms with E-state index in [-0.39, 0.29) is 21.7 Å². The van der Waals surface area contributed by atoms with Crippen LogP contribution in [0.15, 0.2) is 231 Å². The maximum Gasteiger partial charge on any atom is 0.0543 e. The normalized spacial score (nSPS) is 12.6. The van der Waals surface area contributed by atoms with Crippen LogP contribution in [0.25, 0.3) is 104 Å². The Hall–Kier alpha value is -8.72. The lowest BCUT2D eigenvalue weighted by molar-refractivity contribution is 0.590. The zero-order chi connectivity index (χ0) is 57.0. The fourth-order valence-corrected chi connectivity index (χ4v) is 12.5. The fraction of sp³-hybridized carbons (Fsp3) is 0.200. The molecule has 0 N–H and O–H groups in total. The van der Waals surface area contributed by atoms with Crippen molar-refractivity contribution in [2.24, 2.45) is 0 Å². The number of fused-ring (bicyclic) bond motifs is 3. The van der Waals surface area contributed by atoms with Crippen molar-refractivity contribution in [3.8, 4) is 50.2 Å². The number of anilines is 3. The standard InChI is InChI=1S/C80H74N2/c1-77(2,3)60-33-42-72-68(48-60)69-49-61(78(4,5)6)34-43-73(69)82(72)71-41-31-55-28-37-66-70(40-30-54-29-38-67(71)76(55)75(54)66)81(64-35-26-53(27-36-64)57-25-19-24-56(44-57)51-20-15-13-16-21-51)74-50-62(79(7,8)9)32-39-65(74)59-45-58(52-22-17-14-18-23-52)46-63(47-59)80(10,11)12/h13-50H,1-12H3. The van der Waals surface area contributed by atoms with Crippen LogP contribution in [0.5, 0.6) is 0 Å². The van der Waals surface area contributed by atoms with E-state index < -0.39 is 0 Å². The largest absolute Gasteiger partial charge is 0.309 e. The van der Waals surface area contributed by atoms with Crippen LogP contribution in [0.2, 0.25) is 0 Å². The van der Waals surface area contributed by atoms with Crippen LogP contribution in [0, 0.1) is 0 Å². The lowest BCUT2D eigenvalue weighted by Gasteiger charge is -2.32. The Morgan fingerprint density at radius 3 is 1.30 bits per heavy atom. The van der Waals surface area contributed by atoms with E-state index in [0.717, 1.165) is 17.1 Å². The first kappa shape index (κ1) is 52.6. The Morgan fingerprint density at radius 1 is 0.280 bits per heavy atom. The van der Waals surface area contributed by atoms with Crippen molar-refractivity contribution in [2.45, 2.75) is 105 Å². The molecule has 404 valence electrons. The highest BCUT2D eigenvalue weighted by molar-refractivity contribution is 6.27. The molecule has 0 fully saturated rings. The third-order valence-corrected chi connectivity index (χ3v) is 17.3. The van der Waals surface area contributed by atoms with Crippen LogP contribution in [-0.2, 0) is 21.7 Å². The molecule has 0 saturated heterocycles. The van der Waals surface area contributed by atoms with Crippen molar-refractivity contribution in [2.75, 3.05) is 4.90 Å². The summed E-state index contributed by atoms with van der Waals surface area (Å²) >= 11 is 0. The zero-order valence-corrected chi connectivity index (χ0v) is 49.8. The molecule has 0 radical (unpaired) electrons. The minimum Gasteiger partial charge on any atom is -0.309 e. The monoisotopic (exact) mass is 1060 g/mol. The second kappa shape index (κ2) is 19.5. The maximum absolute atomic E-state index is 2.57. The van der Waals surface area contributed by atoms with E-state index >= 15 is 0 Å². The molecule has 0 aliphatic heterocycles. The van der Waals surface area contributed by atoms with Gasteiger partial charge in [0, 0.05) is 32.8 Å². The first-order valence-corrected chi connectivity index (χ1v) is 29.4. The molecule has 0 atom stereocenters. The van der Waals surface area contributed by atoms with Crippen molar-refractivity contribution in [1.82, 2.24) is 4.57 Å². The van der Waals surface area contributed by atoms with Crippen LogP contribution in [0.4, 0.5) is 17.1 Å². The van der Waals surface area contributed by atoms with E-state index in [1.54, 1.807) is 0 Å². The van der Waals surface area contributed by atoms with Gasteiger partial charge in [0.1, 0.15) is 0 Å². The summed E-state index contributed by atoms with van der Waals surface area (Å²) in [6.07, 6.45) is 0. The molecule has 0 saturated carbocycles. The Balaban J connectivity index is 1.07. The first-order chi connectivity index (χ1) is 39.2. The summed E-state index contributed by atoms with van der Waals surface area (Å²) in [6, 6.07) is 87.6. The molecule has 2 heteroatoms. The number of rotatable bonds is 8. The van der Waals surface area contributed by atoms with Gasteiger partial charge in [0.05, 0.1) is 28.1 Å². The van der Waals surface area contributed by atoms with Gasteiger partial charge in [0.2, 0.25) is 0 Å². The molecule has 13 rings (SSSR count). The third-order valence-electron chi connectivity index (χ3n) is 17.3.